The number of hydrogen-bond donors (Lipinski definition) is 0. The zero-order chi connectivity index (χ0) is 20.8. The number of aryl methyl sites for hydroxylation is 2. The highest BCUT2D eigenvalue weighted by atomic mass is 16.5. The zero-order valence-electron chi connectivity index (χ0n) is 17.2. The molecule has 30 heavy (non-hydrogen) atoms. The Bertz CT molecular complexity index is 1410. The van der Waals surface area contributed by atoms with Crippen LogP contribution in [0.15, 0.2) is 54.7 Å². The SMILES string of the molecule is CCC(=O)Oc1cn(-c2ccc(C)cc2)c2nc(CC)n3c4ccccc4nc3c12. The number of fused-ring (bicyclic) bond motifs is 5. The Kier molecular flexibility index (Phi) is 4.28. The Labute approximate surface area is 173 Å². The summed E-state index contributed by atoms with van der Waals surface area (Å²) in [7, 11) is 0. The van der Waals surface area contributed by atoms with Crippen molar-refractivity contribution in [3.63, 3.8) is 0 Å². The molecule has 6 nitrogen and oxygen atoms in total. The number of ether oxygens (including phenoxy) is 1. The van der Waals surface area contributed by atoms with E-state index in [2.05, 4.69) is 30.4 Å². The molecule has 0 amide bonds. The second-order valence-corrected chi connectivity index (χ2v) is 7.37. The maximum absolute atomic E-state index is 12.2. The Morgan fingerprint density at radius 3 is 2.50 bits per heavy atom. The first-order valence-corrected chi connectivity index (χ1v) is 10.2. The molecule has 150 valence electrons. The summed E-state index contributed by atoms with van der Waals surface area (Å²) in [6, 6.07) is 16.2. The van der Waals surface area contributed by atoms with Crippen molar-refractivity contribution in [2.75, 3.05) is 0 Å². The standard InChI is InChI=1S/C24H22N4O2/c1-4-20-26-23-22(24-25-17-8-6-7-9-18(17)28(20)24)19(30-21(29)5-2)14-27(23)16-12-10-15(3)11-13-16/h6-14H,4-5H2,1-3H3. The largest absolute Gasteiger partial charge is 0.424 e. The fourth-order valence-corrected chi connectivity index (χ4v) is 3.83. The van der Waals surface area contributed by atoms with Gasteiger partial charge in [0, 0.05) is 18.5 Å². The van der Waals surface area contributed by atoms with Gasteiger partial charge in [-0.25, -0.2) is 9.97 Å². The van der Waals surface area contributed by atoms with Gasteiger partial charge in [-0.1, -0.05) is 43.7 Å². The van der Waals surface area contributed by atoms with Crippen LogP contribution in [0.25, 0.3) is 33.4 Å². The van der Waals surface area contributed by atoms with Crippen LogP contribution in [0.4, 0.5) is 0 Å². The van der Waals surface area contributed by atoms with Crippen LogP contribution in [-0.2, 0) is 11.2 Å². The Morgan fingerprint density at radius 1 is 1.00 bits per heavy atom. The number of nitrogens with zero attached hydrogens (tertiary/aromatic N) is 4. The number of hydrogen-bond acceptors (Lipinski definition) is 4. The average Bonchev–Trinajstić information content (AvgIpc) is 3.32. The first-order chi connectivity index (χ1) is 14.6. The van der Waals surface area contributed by atoms with Gasteiger partial charge in [0.25, 0.3) is 0 Å². The molecule has 0 N–H and O–H groups in total. The summed E-state index contributed by atoms with van der Waals surface area (Å²) >= 11 is 0. The second-order valence-electron chi connectivity index (χ2n) is 7.37. The second kappa shape index (κ2) is 6.99. The summed E-state index contributed by atoms with van der Waals surface area (Å²) < 4.78 is 9.77. The van der Waals surface area contributed by atoms with Crippen LogP contribution in [0, 0.1) is 6.92 Å². The van der Waals surface area contributed by atoms with Crippen molar-refractivity contribution < 1.29 is 9.53 Å². The molecule has 0 radical (unpaired) electrons. The van der Waals surface area contributed by atoms with Crippen molar-refractivity contribution in [1.82, 2.24) is 18.9 Å². The quantitative estimate of drug-likeness (QED) is 0.399. The van der Waals surface area contributed by atoms with Crippen LogP contribution in [0.5, 0.6) is 5.75 Å². The minimum absolute atomic E-state index is 0.285. The fourth-order valence-electron chi connectivity index (χ4n) is 3.83. The van der Waals surface area contributed by atoms with Gasteiger partial charge in [0.15, 0.2) is 17.0 Å². The molecule has 6 heteroatoms. The molecule has 0 aliphatic heterocycles. The molecule has 0 saturated carbocycles. The van der Waals surface area contributed by atoms with Gasteiger partial charge in [-0.2, -0.15) is 0 Å². The van der Waals surface area contributed by atoms with Crippen LogP contribution < -0.4 is 4.74 Å². The van der Waals surface area contributed by atoms with E-state index >= 15 is 0 Å². The van der Waals surface area contributed by atoms with Crippen molar-refractivity contribution in [3.8, 4) is 11.4 Å². The van der Waals surface area contributed by atoms with Gasteiger partial charge in [0.2, 0.25) is 0 Å². The Balaban J connectivity index is 1.91. The normalized spacial score (nSPS) is 11.6. The Hall–Kier alpha value is -3.67. The van der Waals surface area contributed by atoms with Crippen LogP contribution in [0.3, 0.4) is 0 Å². The highest BCUT2D eigenvalue weighted by Gasteiger charge is 2.22. The molecule has 2 aromatic carbocycles. The lowest BCUT2D eigenvalue weighted by atomic mass is 10.2. The minimum Gasteiger partial charge on any atom is -0.424 e. The molecule has 0 bridgehead atoms. The van der Waals surface area contributed by atoms with Crippen molar-refractivity contribution >= 4 is 33.7 Å². The summed E-state index contributed by atoms with van der Waals surface area (Å²) in [5, 5.41) is 0.741. The van der Waals surface area contributed by atoms with Gasteiger partial charge in [-0.3, -0.25) is 13.8 Å². The maximum atomic E-state index is 12.2. The minimum atomic E-state index is -0.285. The third-order valence-corrected chi connectivity index (χ3v) is 5.36. The summed E-state index contributed by atoms with van der Waals surface area (Å²) in [5.74, 6) is 1.10. The lowest BCUT2D eigenvalue weighted by Gasteiger charge is -2.08. The third-order valence-electron chi connectivity index (χ3n) is 5.36. The van der Waals surface area contributed by atoms with E-state index in [0.717, 1.165) is 45.6 Å². The predicted octanol–water partition coefficient (Wildman–Crippen LogP) is 5.01. The third kappa shape index (κ3) is 2.76. The number of carbonyl (C=O) groups is 1. The van der Waals surface area contributed by atoms with Crippen molar-refractivity contribution in [3.05, 3.63) is 66.1 Å². The number of esters is 1. The molecule has 5 aromatic rings. The molecular weight excluding hydrogens is 376 g/mol. The highest BCUT2D eigenvalue weighted by Crippen LogP contribution is 2.35. The lowest BCUT2D eigenvalue weighted by Crippen LogP contribution is -2.06. The van der Waals surface area contributed by atoms with Crippen LogP contribution >= 0.6 is 0 Å². The Morgan fingerprint density at radius 2 is 1.77 bits per heavy atom. The molecule has 0 atom stereocenters. The van der Waals surface area contributed by atoms with E-state index < -0.39 is 0 Å². The molecule has 0 aliphatic rings. The van der Waals surface area contributed by atoms with Crippen molar-refractivity contribution in [1.29, 1.82) is 0 Å². The van der Waals surface area contributed by atoms with Gasteiger partial charge in [-0.15, -0.1) is 0 Å². The number of benzene rings is 2. The highest BCUT2D eigenvalue weighted by molar-refractivity contribution is 6.01. The summed E-state index contributed by atoms with van der Waals surface area (Å²) in [4.78, 5) is 22.0. The first kappa shape index (κ1) is 18.4. The molecule has 3 aromatic heterocycles. The van der Waals surface area contributed by atoms with E-state index in [4.69, 9.17) is 14.7 Å². The molecule has 0 saturated heterocycles. The van der Waals surface area contributed by atoms with E-state index in [9.17, 15) is 4.79 Å². The van der Waals surface area contributed by atoms with Crippen molar-refractivity contribution in [2.45, 2.75) is 33.6 Å². The van der Waals surface area contributed by atoms with Crippen LogP contribution in [0.2, 0.25) is 0 Å². The average molecular weight is 398 g/mol. The first-order valence-electron chi connectivity index (χ1n) is 10.2. The molecule has 0 fully saturated rings. The lowest BCUT2D eigenvalue weighted by molar-refractivity contribution is -0.133. The van der Waals surface area contributed by atoms with Gasteiger partial charge >= 0.3 is 5.97 Å². The monoisotopic (exact) mass is 398 g/mol. The van der Waals surface area contributed by atoms with Crippen LogP contribution in [0.1, 0.15) is 31.7 Å². The number of carbonyl (C=O) groups excluding carboxylic acids is 1. The van der Waals surface area contributed by atoms with Gasteiger partial charge < -0.3 is 4.74 Å². The fraction of sp³-hybridized carbons (Fsp3) is 0.208. The van der Waals surface area contributed by atoms with Gasteiger partial charge in [-0.05, 0) is 31.2 Å². The molecule has 3 heterocycles. The summed E-state index contributed by atoms with van der Waals surface area (Å²) in [6.07, 6.45) is 2.88. The van der Waals surface area contributed by atoms with Gasteiger partial charge in [0.1, 0.15) is 11.2 Å². The van der Waals surface area contributed by atoms with Crippen LogP contribution in [-0.4, -0.2) is 24.9 Å². The topological polar surface area (TPSA) is 61.4 Å². The van der Waals surface area contributed by atoms with E-state index in [1.165, 1.54) is 5.56 Å². The van der Waals surface area contributed by atoms with E-state index in [-0.39, 0.29) is 5.97 Å². The number of para-hydroxylation sites is 2. The molecule has 0 unspecified atom stereocenters. The smallest absolute Gasteiger partial charge is 0.310 e. The number of aromatic nitrogens is 4. The number of rotatable bonds is 4. The van der Waals surface area contributed by atoms with E-state index in [1.807, 2.05) is 47.2 Å². The molecular formula is C24H22N4O2. The molecule has 0 spiro atoms. The number of imidazole rings is 1. The predicted molar refractivity (Wildman–Crippen MR) is 117 cm³/mol. The van der Waals surface area contributed by atoms with E-state index in [1.54, 1.807) is 6.92 Å². The molecule has 0 aliphatic carbocycles. The molecule has 5 rings (SSSR count). The zero-order valence-corrected chi connectivity index (χ0v) is 17.2. The summed E-state index contributed by atoms with van der Waals surface area (Å²) in [6.45, 7) is 5.92. The van der Waals surface area contributed by atoms with E-state index in [0.29, 0.717) is 12.2 Å². The maximum Gasteiger partial charge on any atom is 0.310 e. The van der Waals surface area contributed by atoms with Crippen molar-refractivity contribution in [2.24, 2.45) is 0 Å². The summed E-state index contributed by atoms with van der Waals surface area (Å²) in [5.41, 5.74) is 5.50. The van der Waals surface area contributed by atoms with Gasteiger partial charge in [0.05, 0.1) is 17.2 Å².